The van der Waals surface area contributed by atoms with Crippen LogP contribution < -0.4 is 10.9 Å². The van der Waals surface area contributed by atoms with Gasteiger partial charge in [0.05, 0.1) is 36.9 Å². The monoisotopic (exact) mass is 590 g/mol. The van der Waals surface area contributed by atoms with Crippen molar-refractivity contribution in [1.82, 2.24) is 19.8 Å². The van der Waals surface area contributed by atoms with Crippen LogP contribution in [0.3, 0.4) is 0 Å². The molecule has 1 aliphatic heterocycles. The number of H-pyrrole nitrogens is 1. The second kappa shape index (κ2) is 11.9. The summed E-state index contributed by atoms with van der Waals surface area (Å²) >= 11 is 1.18. The molecule has 1 amide bonds. The predicted molar refractivity (Wildman–Crippen MR) is 154 cm³/mol. The first-order valence-corrected chi connectivity index (χ1v) is 15.3. The lowest BCUT2D eigenvalue weighted by molar-refractivity contribution is -0.228. The minimum absolute atomic E-state index is 0.00295. The van der Waals surface area contributed by atoms with Gasteiger partial charge in [-0.05, 0) is 70.8 Å². The Morgan fingerprint density at radius 2 is 1.85 bits per heavy atom. The predicted octanol–water partition coefficient (Wildman–Crippen LogP) is 5.94. The standard InChI is InChI=1S/C30H37F3N4O3S/c1-17-13-26(41-4)24(28(38)34-17)14-36(30(31,32)33)29(39)27-19(3)37(25-8-6-5-7-23(25)27)18(2)20-9-11-21(12-10-20)35-22-15-40-16-22/h5-8,13,18,20-22,35H,9-12,14-16H2,1-4H3,(H,34,38)/t18-,20?,21?/m1/s1. The van der Waals surface area contributed by atoms with Gasteiger partial charge in [-0.25, -0.2) is 4.90 Å². The first kappa shape index (κ1) is 29.7. The van der Waals surface area contributed by atoms with Gasteiger partial charge in [-0.3, -0.25) is 9.59 Å². The number of carbonyl (C=O) groups excluding carboxylic acids is 1. The van der Waals surface area contributed by atoms with Crippen LogP contribution in [0.1, 0.15) is 66.0 Å². The normalized spacial score (nSPS) is 20.7. The number of carbonyl (C=O) groups is 1. The van der Waals surface area contributed by atoms with Gasteiger partial charge in [0.1, 0.15) is 0 Å². The number of fused-ring (bicyclic) bond motifs is 1. The minimum Gasteiger partial charge on any atom is -0.378 e. The second-order valence-corrected chi connectivity index (χ2v) is 12.1. The zero-order valence-corrected chi connectivity index (χ0v) is 24.6. The van der Waals surface area contributed by atoms with E-state index in [1.807, 2.05) is 16.7 Å². The van der Waals surface area contributed by atoms with E-state index in [1.54, 1.807) is 38.3 Å². The maximum atomic E-state index is 14.5. The highest BCUT2D eigenvalue weighted by Crippen LogP contribution is 2.39. The highest BCUT2D eigenvalue weighted by Gasteiger charge is 2.44. The number of nitrogens with one attached hydrogen (secondary N) is 2. The zero-order valence-electron chi connectivity index (χ0n) is 23.8. The van der Waals surface area contributed by atoms with Gasteiger partial charge < -0.3 is 19.6 Å². The van der Waals surface area contributed by atoms with Crippen LogP contribution in [0.4, 0.5) is 13.2 Å². The lowest BCUT2D eigenvalue weighted by Crippen LogP contribution is -2.51. The Bertz CT molecular complexity index is 1470. The van der Waals surface area contributed by atoms with Crippen molar-refractivity contribution in [2.45, 2.75) is 82.3 Å². The largest absolute Gasteiger partial charge is 0.487 e. The highest BCUT2D eigenvalue weighted by molar-refractivity contribution is 7.98. The molecule has 5 rings (SSSR count). The number of rotatable bonds is 8. The summed E-state index contributed by atoms with van der Waals surface area (Å²) < 4.78 is 50.8. The highest BCUT2D eigenvalue weighted by atomic mass is 32.2. The number of halogens is 3. The number of alkyl halides is 3. The van der Waals surface area contributed by atoms with E-state index in [1.165, 1.54) is 11.8 Å². The molecule has 3 aromatic rings. The lowest BCUT2D eigenvalue weighted by atomic mass is 9.81. The van der Waals surface area contributed by atoms with Gasteiger partial charge >= 0.3 is 6.30 Å². The number of aryl methyl sites for hydroxylation is 1. The third kappa shape index (κ3) is 5.94. The molecule has 0 radical (unpaired) electrons. The van der Waals surface area contributed by atoms with Crippen LogP contribution in [0.2, 0.25) is 0 Å². The first-order chi connectivity index (χ1) is 19.5. The average Bonchev–Trinajstić information content (AvgIpc) is 3.20. The molecule has 0 spiro atoms. The van der Waals surface area contributed by atoms with Crippen molar-refractivity contribution in [3.63, 3.8) is 0 Å². The van der Waals surface area contributed by atoms with Crippen molar-refractivity contribution in [3.8, 4) is 0 Å². The molecule has 3 heterocycles. The number of amides is 1. The molecular formula is C30H37F3N4O3S. The van der Waals surface area contributed by atoms with Gasteiger partial charge in [-0.15, -0.1) is 24.9 Å². The van der Waals surface area contributed by atoms with Gasteiger partial charge in [0, 0.05) is 39.3 Å². The number of ether oxygens (including phenoxy) is 1. The number of aromatic amines is 1. The fraction of sp³-hybridized carbons (Fsp3) is 0.533. The molecular weight excluding hydrogens is 553 g/mol. The van der Waals surface area contributed by atoms with E-state index >= 15 is 0 Å². The van der Waals surface area contributed by atoms with E-state index in [2.05, 4.69) is 17.2 Å². The summed E-state index contributed by atoms with van der Waals surface area (Å²) in [6.45, 7) is 6.15. The number of hydrogen-bond donors (Lipinski definition) is 2. The number of nitrogens with zero attached hydrogens (tertiary/aromatic N) is 2. The Balaban J connectivity index is 1.47. The number of aromatic nitrogens is 2. The Labute approximate surface area is 241 Å². The minimum atomic E-state index is -4.98. The first-order valence-electron chi connectivity index (χ1n) is 14.1. The smallest absolute Gasteiger partial charge is 0.378 e. The zero-order chi connectivity index (χ0) is 29.5. The molecule has 7 nitrogen and oxygen atoms in total. The topological polar surface area (TPSA) is 79.4 Å². The van der Waals surface area contributed by atoms with Crippen LogP contribution in [0, 0.1) is 19.8 Å². The summed E-state index contributed by atoms with van der Waals surface area (Å²) in [5.74, 6) is -0.822. The summed E-state index contributed by atoms with van der Waals surface area (Å²) in [4.78, 5) is 29.4. The van der Waals surface area contributed by atoms with Crippen LogP contribution >= 0.6 is 11.8 Å². The van der Waals surface area contributed by atoms with Gasteiger partial charge in [-0.1, -0.05) is 18.2 Å². The third-order valence-corrected chi connectivity index (χ3v) is 9.46. The summed E-state index contributed by atoms with van der Waals surface area (Å²) in [6, 6.07) is 9.66. The van der Waals surface area contributed by atoms with Gasteiger partial charge in [0.2, 0.25) is 0 Å². The molecule has 1 saturated carbocycles. The number of benzene rings is 1. The molecule has 41 heavy (non-hydrogen) atoms. The van der Waals surface area contributed by atoms with E-state index in [9.17, 15) is 22.8 Å². The fourth-order valence-corrected chi connectivity index (χ4v) is 7.12. The van der Waals surface area contributed by atoms with Crippen LogP contribution in [-0.2, 0) is 11.3 Å². The van der Waals surface area contributed by atoms with Crippen molar-refractivity contribution < 1.29 is 22.7 Å². The molecule has 2 fully saturated rings. The van der Waals surface area contributed by atoms with Crippen molar-refractivity contribution in [2.75, 3.05) is 19.5 Å². The van der Waals surface area contributed by atoms with Gasteiger partial charge in [-0.2, -0.15) is 0 Å². The van der Waals surface area contributed by atoms with Crippen LogP contribution in [0.5, 0.6) is 0 Å². The summed E-state index contributed by atoms with van der Waals surface area (Å²) in [7, 11) is 0. The molecule has 0 bridgehead atoms. The molecule has 2 aromatic heterocycles. The molecule has 1 aliphatic carbocycles. The fourth-order valence-electron chi connectivity index (χ4n) is 6.42. The number of thioether (sulfide) groups is 1. The molecule has 0 unspecified atom stereocenters. The van der Waals surface area contributed by atoms with E-state index < -0.39 is 24.3 Å². The number of hydrogen-bond acceptors (Lipinski definition) is 5. The van der Waals surface area contributed by atoms with E-state index in [4.69, 9.17) is 4.74 Å². The Hall–Kier alpha value is -2.76. The molecule has 222 valence electrons. The van der Waals surface area contributed by atoms with Crippen molar-refractivity contribution in [1.29, 1.82) is 0 Å². The molecule has 1 saturated heterocycles. The molecule has 11 heteroatoms. The van der Waals surface area contributed by atoms with E-state index in [-0.39, 0.29) is 22.1 Å². The second-order valence-electron chi connectivity index (χ2n) is 11.3. The van der Waals surface area contributed by atoms with Gasteiger partial charge in [0.25, 0.3) is 11.5 Å². The lowest BCUT2D eigenvalue weighted by Gasteiger charge is -2.37. The molecule has 1 aromatic carbocycles. The molecule has 2 aliphatic rings. The van der Waals surface area contributed by atoms with Crippen LogP contribution in [0.15, 0.2) is 40.0 Å². The maximum absolute atomic E-state index is 14.5. The maximum Gasteiger partial charge on any atom is 0.487 e. The molecule has 1 atom stereocenters. The third-order valence-electron chi connectivity index (χ3n) is 8.66. The number of para-hydroxylation sites is 1. The van der Waals surface area contributed by atoms with Gasteiger partial charge in [0.15, 0.2) is 0 Å². The van der Waals surface area contributed by atoms with Crippen molar-refractivity contribution >= 4 is 28.6 Å². The number of pyridine rings is 1. The average molecular weight is 591 g/mol. The van der Waals surface area contributed by atoms with Crippen molar-refractivity contribution in [2.24, 2.45) is 5.92 Å². The Kier molecular flexibility index (Phi) is 8.59. The Morgan fingerprint density at radius 3 is 2.46 bits per heavy atom. The summed E-state index contributed by atoms with van der Waals surface area (Å²) in [5.41, 5.74) is 1.11. The molecule has 2 N–H and O–H groups in total. The SMILES string of the molecule is CSc1cc(C)[nH]c(=O)c1CN(C(=O)c1c(C)n([C@H](C)C2CCC(NC3COC3)CC2)c2ccccc12)C(F)(F)F. The van der Waals surface area contributed by atoms with E-state index in [0.29, 0.717) is 39.7 Å². The van der Waals surface area contributed by atoms with Crippen LogP contribution in [0.25, 0.3) is 10.9 Å². The Morgan fingerprint density at radius 1 is 1.17 bits per heavy atom. The van der Waals surface area contributed by atoms with E-state index in [0.717, 1.165) is 44.4 Å². The summed E-state index contributed by atoms with van der Waals surface area (Å²) in [5, 5.41) is 4.15. The summed E-state index contributed by atoms with van der Waals surface area (Å²) in [6.07, 6.45) is 0.749. The quantitative estimate of drug-likeness (QED) is 0.251. The van der Waals surface area contributed by atoms with Crippen LogP contribution in [-0.4, -0.2) is 58.2 Å². The van der Waals surface area contributed by atoms with Crippen molar-refractivity contribution in [3.05, 3.63) is 63.2 Å².